The number of hydrogen-bond acceptors (Lipinski definition) is 4. The first-order chi connectivity index (χ1) is 13.8. The number of nitrogens with one attached hydrogen (secondary N) is 1. The first-order valence-electron chi connectivity index (χ1n) is 8.69. The molecule has 1 aliphatic heterocycles. The molecular weight excluding hydrogens is 387 g/mol. The van der Waals surface area contributed by atoms with Gasteiger partial charge in [-0.25, -0.2) is 4.98 Å². The van der Waals surface area contributed by atoms with E-state index in [9.17, 15) is 23.1 Å². The SMILES string of the molecule is COc1cc([C@@H]2CC(=O)Nc3c2ncn3-c2cccc(C(F)(F)F)c2)ccc1O. The Bertz CT molecular complexity index is 1090. The van der Waals surface area contributed by atoms with Gasteiger partial charge in [-0.1, -0.05) is 12.1 Å². The van der Waals surface area contributed by atoms with E-state index in [0.29, 0.717) is 17.1 Å². The highest BCUT2D eigenvalue weighted by molar-refractivity contribution is 5.94. The Morgan fingerprint density at radius 1 is 1.24 bits per heavy atom. The van der Waals surface area contributed by atoms with Gasteiger partial charge in [0.1, 0.15) is 12.1 Å². The highest BCUT2D eigenvalue weighted by Gasteiger charge is 2.33. The number of carbonyl (C=O) groups is 1. The number of phenolic OH excluding ortho intramolecular Hbond substituents is 1. The van der Waals surface area contributed by atoms with Crippen molar-refractivity contribution < 1.29 is 27.8 Å². The number of rotatable bonds is 3. The largest absolute Gasteiger partial charge is 0.504 e. The van der Waals surface area contributed by atoms with Gasteiger partial charge in [-0.05, 0) is 35.9 Å². The molecule has 29 heavy (non-hydrogen) atoms. The Morgan fingerprint density at radius 3 is 2.76 bits per heavy atom. The summed E-state index contributed by atoms with van der Waals surface area (Å²) >= 11 is 0. The summed E-state index contributed by atoms with van der Waals surface area (Å²) < 4.78 is 45.8. The number of benzene rings is 2. The third-order valence-corrected chi connectivity index (χ3v) is 4.83. The van der Waals surface area contributed by atoms with Crippen molar-refractivity contribution in [3.63, 3.8) is 0 Å². The van der Waals surface area contributed by atoms with Crippen molar-refractivity contribution in [2.24, 2.45) is 0 Å². The molecule has 6 nitrogen and oxygen atoms in total. The smallest absolute Gasteiger partial charge is 0.416 e. The molecule has 0 spiro atoms. The van der Waals surface area contributed by atoms with Crippen molar-refractivity contribution >= 4 is 11.7 Å². The number of imidazole rings is 1. The molecule has 3 aromatic rings. The van der Waals surface area contributed by atoms with Crippen LogP contribution in [0.4, 0.5) is 19.0 Å². The topological polar surface area (TPSA) is 76.4 Å². The van der Waals surface area contributed by atoms with E-state index in [-0.39, 0.29) is 29.5 Å². The van der Waals surface area contributed by atoms with Gasteiger partial charge in [-0.3, -0.25) is 9.36 Å². The van der Waals surface area contributed by atoms with Crippen LogP contribution in [0, 0.1) is 0 Å². The number of aromatic nitrogens is 2. The first kappa shape index (κ1) is 18.9. The zero-order valence-corrected chi connectivity index (χ0v) is 15.2. The number of amides is 1. The van der Waals surface area contributed by atoms with E-state index in [1.807, 2.05) is 0 Å². The highest BCUT2D eigenvalue weighted by atomic mass is 19.4. The third-order valence-electron chi connectivity index (χ3n) is 4.83. The zero-order chi connectivity index (χ0) is 20.8. The van der Waals surface area contributed by atoms with Crippen LogP contribution in [0.1, 0.15) is 29.2 Å². The number of aromatic hydroxyl groups is 1. The van der Waals surface area contributed by atoms with Gasteiger partial charge in [0.05, 0.1) is 18.4 Å². The average molecular weight is 403 g/mol. The Hall–Kier alpha value is -3.49. The molecule has 2 aromatic carbocycles. The van der Waals surface area contributed by atoms with Crippen LogP contribution in [-0.2, 0) is 11.0 Å². The lowest BCUT2D eigenvalue weighted by molar-refractivity contribution is -0.137. The number of halogens is 3. The molecule has 2 N–H and O–H groups in total. The summed E-state index contributed by atoms with van der Waals surface area (Å²) in [5.41, 5.74) is 0.664. The van der Waals surface area contributed by atoms with E-state index < -0.39 is 17.7 Å². The summed E-state index contributed by atoms with van der Waals surface area (Å²) in [6, 6.07) is 9.54. The quantitative estimate of drug-likeness (QED) is 0.691. The fourth-order valence-electron chi connectivity index (χ4n) is 3.42. The molecule has 0 aliphatic carbocycles. The predicted octanol–water partition coefficient (Wildman–Crippen LogP) is 4.08. The van der Waals surface area contributed by atoms with Crippen LogP contribution in [0.3, 0.4) is 0 Å². The minimum absolute atomic E-state index is 0.0359. The van der Waals surface area contributed by atoms with Crippen molar-refractivity contribution in [2.75, 3.05) is 12.4 Å². The van der Waals surface area contributed by atoms with Crippen molar-refractivity contribution in [3.8, 4) is 17.2 Å². The van der Waals surface area contributed by atoms with Crippen molar-refractivity contribution in [1.82, 2.24) is 9.55 Å². The number of phenols is 1. The van der Waals surface area contributed by atoms with E-state index in [0.717, 1.165) is 12.1 Å². The molecule has 0 unspecified atom stereocenters. The molecule has 1 amide bonds. The zero-order valence-electron chi connectivity index (χ0n) is 15.2. The monoisotopic (exact) mass is 403 g/mol. The Morgan fingerprint density at radius 2 is 2.03 bits per heavy atom. The maximum Gasteiger partial charge on any atom is 0.416 e. The van der Waals surface area contributed by atoms with Gasteiger partial charge in [-0.2, -0.15) is 13.2 Å². The molecule has 0 saturated carbocycles. The molecule has 150 valence electrons. The van der Waals surface area contributed by atoms with Gasteiger partial charge in [0.15, 0.2) is 11.5 Å². The molecule has 4 rings (SSSR count). The summed E-state index contributed by atoms with van der Waals surface area (Å²) in [5, 5.41) is 12.5. The van der Waals surface area contributed by atoms with Crippen LogP contribution in [0.25, 0.3) is 5.69 Å². The van der Waals surface area contributed by atoms with Gasteiger partial charge < -0.3 is 15.2 Å². The lowest BCUT2D eigenvalue weighted by Crippen LogP contribution is -2.25. The van der Waals surface area contributed by atoms with Gasteiger partial charge in [0, 0.05) is 18.0 Å². The van der Waals surface area contributed by atoms with Gasteiger partial charge in [0.25, 0.3) is 0 Å². The van der Waals surface area contributed by atoms with Gasteiger partial charge >= 0.3 is 6.18 Å². The van der Waals surface area contributed by atoms with Gasteiger partial charge in [0.2, 0.25) is 5.91 Å². The number of carbonyl (C=O) groups excluding carboxylic acids is 1. The summed E-state index contributed by atoms with van der Waals surface area (Å²) in [5.74, 6) is -0.181. The average Bonchev–Trinajstić information content (AvgIpc) is 3.11. The van der Waals surface area contributed by atoms with E-state index in [1.165, 1.54) is 36.2 Å². The van der Waals surface area contributed by atoms with E-state index in [2.05, 4.69) is 10.3 Å². The van der Waals surface area contributed by atoms with Crippen LogP contribution in [-0.4, -0.2) is 27.7 Å². The van der Waals surface area contributed by atoms with Crippen LogP contribution in [0.2, 0.25) is 0 Å². The maximum absolute atomic E-state index is 13.1. The molecule has 0 bridgehead atoms. The summed E-state index contributed by atoms with van der Waals surface area (Å²) in [6.07, 6.45) is -2.98. The van der Waals surface area contributed by atoms with Crippen molar-refractivity contribution in [2.45, 2.75) is 18.5 Å². The molecular formula is C20H16F3N3O3. The number of hydrogen-bond donors (Lipinski definition) is 2. The Kier molecular flexibility index (Phi) is 4.45. The molecule has 9 heteroatoms. The molecule has 1 aromatic heterocycles. The Labute approximate surface area is 163 Å². The number of methoxy groups -OCH3 is 1. The number of anilines is 1. The molecule has 2 heterocycles. The molecule has 0 saturated heterocycles. The fourth-order valence-corrected chi connectivity index (χ4v) is 3.42. The summed E-state index contributed by atoms with van der Waals surface area (Å²) in [4.78, 5) is 16.7. The number of fused-ring (bicyclic) bond motifs is 1. The number of alkyl halides is 3. The van der Waals surface area contributed by atoms with E-state index in [4.69, 9.17) is 4.74 Å². The van der Waals surface area contributed by atoms with Crippen LogP contribution in [0.15, 0.2) is 48.8 Å². The molecule has 0 fully saturated rings. The minimum Gasteiger partial charge on any atom is -0.504 e. The molecule has 1 atom stereocenters. The number of ether oxygens (including phenoxy) is 1. The summed E-state index contributed by atoms with van der Waals surface area (Å²) in [7, 11) is 1.42. The minimum atomic E-state index is -4.48. The second-order valence-corrected chi connectivity index (χ2v) is 6.63. The van der Waals surface area contributed by atoms with Crippen LogP contribution >= 0.6 is 0 Å². The predicted molar refractivity (Wildman–Crippen MR) is 98.3 cm³/mol. The fraction of sp³-hybridized carbons (Fsp3) is 0.200. The standard InChI is InChI=1S/C20H16F3N3O3/c1-29-16-7-11(5-6-15(16)27)14-9-17(28)25-19-18(14)24-10-26(19)13-4-2-3-12(8-13)20(21,22)23/h2-8,10,14,27H,9H2,1H3,(H,25,28)/t14-/m0/s1. The second kappa shape index (κ2) is 6.84. The van der Waals surface area contributed by atoms with Crippen molar-refractivity contribution in [1.29, 1.82) is 0 Å². The lowest BCUT2D eigenvalue weighted by atomic mass is 9.89. The van der Waals surface area contributed by atoms with Crippen LogP contribution < -0.4 is 10.1 Å². The molecule has 1 aliphatic rings. The van der Waals surface area contributed by atoms with E-state index >= 15 is 0 Å². The summed E-state index contributed by atoms with van der Waals surface area (Å²) in [6.45, 7) is 0. The van der Waals surface area contributed by atoms with Crippen LogP contribution in [0.5, 0.6) is 11.5 Å². The first-order valence-corrected chi connectivity index (χ1v) is 8.69. The number of nitrogens with zero attached hydrogens (tertiary/aromatic N) is 2. The lowest BCUT2D eigenvalue weighted by Gasteiger charge is -2.24. The second-order valence-electron chi connectivity index (χ2n) is 6.63. The highest BCUT2D eigenvalue weighted by Crippen LogP contribution is 2.40. The maximum atomic E-state index is 13.1. The molecule has 0 radical (unpaired) electrons. The van der Waals surface area contributed by atoms with Gasteiger partial charge in [-0.15, -0.1) is 0 Å². The van der Waals surface area contributed by atoms with Crippen molar-refractivity contribution in [3.05, 3.63) is 65.6 Å². The van der Waals surface area contributed by atoms with E-state index in [1.54, 1.807) is 12.1 Å². The normalized spacial score (nSPS) is 16.3. The Balaban J connectivity index is 1.79. The third kappa shape index (κ3) is 3.39.